The number of rotatable bonds is 3. The maximum atomic E-state index is 12.5. The number of carboxylic acids is 1. The fraction of sp³-hybridized carbons (Fsp3) is 0.500. The van der Waals surface area contributed by atoms with E-state index in [1.54, 1.807) is 31.2 Å². The van der Waals surface area contributed by atoms with Crippen molar-refractivity contribution in [1.29, 1.82) is 0 Å². The number of amides is 3. The number of carboxylic acid groups (broad SMARTS) is 1. The molecule has 25 heavy (non-hydrogen) atoms. The van der Waals surface area contributed by atoms with E-state index in [1.165, 1.54) is 4.90 Å². The minimum Gasteiger partial charge on any atom is -0.481 e. The van der Waals surface area contributed by atoms with E-state index in [0.29, 0.717) is 24.2 Å². The number of hydrogen-bond donors (Lipinski definition) is 3. The number of nitrogens with one attached hydrogen (secondary N) is 2. The zero-order chi connectivity index (χ0) is 18.8. The molecule has 1 heterocycles. The highest BCUT2D eigenvalue weighted by Crippen LogP contribution is 2.30. The second-order valence-electron chi connectivity index (χ2n) is 7.72. The third kappa shape index (κ3) is 4.49. The summed E-state index contributed by atoms with van der Waals surface area (Å²) in [5, 5.41) is 14.9. The predicted octanol–water partition coefficient (Wildman–Crippen LogP) is 2.54. The first-order chi connectivity index (χ1) is 11.5. The molecule has 7 heteroatoms. The van der Waals surface area contributed by atoms with Crippen LogP contribution in [0.3, 0.4) is 0 Å². The number of nitrogens with zero attached hydrogens (tertiary/aromatic N) is 1. The largest absolute Gasteiger partial charge is 0.481 e. The summed E-state index contributed by atoms with van der Waals surface area (Å²) in [6.45, 7) is 7.78. The van der Waals surface area contributed by atoms with Crippen LogP contribution in [-0.4, -0.2) is 46.5 Å². The topological polar surface area (TPSA) is 98.7 Å². The van der Waals surface area contributed by atoms with Crippen LogP contribution < -0.4 is 10.6 Å². The van der Waals surface area contributed by atoms with Gasteiger partial charge in [0.05, 0.1) is 16.7 Å². The molecule has 0 aliphatic carbocycles. The molecule has 1 fully saturated rings. The maximum Gasteiger partial charge on any atom is 0.321 e. The van der Waals surface area contributed by atoms with Crippen LogP contribution in [0.1, 0.15) is 44.5 Å². The van der Waals surface area contributed by atoms with Gasteiger partial charge in [0.1, 0.15) is 0 Å². The van der Waals surface area contributed by atoms with Crippen LogP contribution in [0.2, 0.25) is 0 Å². The Labute approximate surface area is 147 Å². The van der Waals surface area contributed by atoms with Gasteiger partial charge in [0.2, 0.25) is 0 Å². The number of aliphatic carboxylic acids is 1. The first kappa shape index (κ1) is 18.8. The number of benzene rings is 1. The van der Waals surface area contributed by atoms with Gasteiger partial charge in [-0.05, 0) is 46.2 Å². The summed E-state index contributed by atoms with van der Waals surface area (Å²) in [7, 11) is 0. The van der Waals surface area contributed by atoms with Gasteiger partial charge < -0.3 is 20.6 Å². The third-order valence-corrected chi connectivity index (χ3v) is 4.18. The van der Waals surface area contributed by atoms with Crippen LogP contribution >= 0.6 is 0 Å². The predicted molar refractivity (Wildman–Crippen MR) is 94.6 cm³/mol. The number of likely N-dealkylation sites (tertiary alicyclic amines) is 1. The number of anilines is 1. The van der Waals surface area contributed by atoms with Crippen molar-refractivity contribution in [3.05, 3.63) is 29.8 Å². The van der Waals surface area contributed by atoms with Gasteiger partial charge in [0.15, 0.2) is 0 Å². The molecule has 1 aliphatic rings. The molecule has 0 saturated carbocycles. The molecular formula is C18H25N3O4. The molecule has 0 radical (unpaired) electrons. The highest BCUT2D eigenvalue weighted by Gasteiger charge is 2.42. The molecular weight excluding hydrogens is 322 g/mol. The molecule has 3 amide bonds. The first-order valence-corrected chi connectivity index (χ1v) is 8.23. The number of urea groups is 1. The van der Waals surface area contributed by atoms with Gasteiger partial charge in [-0.15, -0.1) is 0 Å². The molecule has 1 aliphatic heterocycles. The standard InChI is InChI=1S/C18H25N3O4/c1-17(2,3)20-14(22)12-7-5-6-8-13(12)19-16(25)21-10-9-18(4,11-21)15(23)24/h5-8H,9-11H2,1-4H3,(H,19,25)(H,20,22)(H,23,24). The van der Waals surface area contributed by atoms with Gasteiger partial charge in [0, 0.05) is 18.6 Å². The summed E-state index contributed by atoms with van der Waals surface area (Å²) in [6, 6.07) is 6.35. The van der Waals surface area contributed by atoms with Gasteiger partial charge in [0.25, 0.3) is 5.91 Å². The molecule has 0 aromatic heterocycles. The van der Waals surface area contributed by atoms with Crippen molar-refractivity contribution in [2.24, 2.45) is 5.41 Å². The number of carbonyl (C=O) groups is 3. The number of carbonyl (C=O) groups excluding carboxylic acids is 2. The molecule has 1 aromatic carbocycles. The number of para-hydroxylation sites is 1. The average Bonchev–Trinajstić information content (AvgIpc) is 2.90. The van der Waals surface area contributed by atoms with E-state index >= 15 is 0 Å². The van der Waals surface area contributed by atoms with Crippen molar-refractivity contribution in [3.8, 4) is 0 Å². The second-order valence-corrected chi connectivity index (χ2v) is 7.72. The summed E-state index contributed by atoms with van der Waals surface area (Å²) >= 11 is 0. The van der Waals surface area contributed by atoms with E-state index in [1.807, 2.05) is 20.8 Å². The first-order valence-electron chi connectivity index (χ1n) is 8.23. The molecule has 7 nitrogen and oxygen atoms in total. The fourth-order valence-corrected chi connectivity index (χ4v) is 2.70. The maximum absolute atomic E-state index is 12.5. The quantitative estimate of drug-likeness (QED) is 0.782. The van der Waals surface area contributed by atoms with E-state index in [-0.39, 0.29) is 12.5 Å². The monoisotopic (exact) mass is 347 g/mol. The van der Waals surface area contributed by atoms with Crippen LogP contribution in [0, 0.1) is 5.41 Å². The zero-order valence-electron chi connectivity index (χ0n) is 15.0. The SMILES string of the molecule is CC(C)(C)NC(=O)c1ccccc1NC(=O)N1CCC(C)(C(=O)O)C1. The van der Waals surface area contributed by atoms with Crippen LogP contribution in [-0.2, 0) is 4.79 Å². The fourth-order valence-electron chi connectivity index (χ4n) is 2.70. The lowest BCUT2D eigenvalue weighted by atomic mass is 9.90. The van der Waals surface area contributed by atoms with Crippen LogP contribution in [0.15, 0.2) is 24.3 Å². The third-order valence-electron chi connectivity index (χ3n) is 4.18. The Morgan fingerprint density at radius 1 is 1.20 bits per heavy atom. The lowest BCUT2D eigenvalue weighted by Crippen LogP contribution is -2.41. The second kappa shape index (κ2) is 6.74. The van der Waals surface area contributed by atoms with Crippen molar-refractivity contribution in [1.82, 2.24) is 10.2 Å². The Morgan fingerprint density at radius 3 is 2.40 bits per heavy atom. The van der Waals surface area contributed by atoms with Crippen molar-refractivity contribution in [3.63, 3.8) is 0 Å². The van der Waals surface area contributed by atoms with Crippen molar-refractivity contribution in [2.45, 2.75) is 39.7 Å². The summed E-state index contributed by atoms with van der Waals surface area (Å²) in [4.78, 5) is 37.7. The van der Waals surface area contributed by atoms with E-state index in [4.69, 9.17) is 0 Å². The van der Waals surface area contributed by atoms with Crippen LogP contribution in [0.5, 0.6) is 0 Å². The Bertz CT molecular complexity index is 696. The van der Waals surface area contributed by atoms with E-state index in [0.717, 1.165) is 0 Å². The normalized spacial score (nSPS) is 20.2. The van der Waals surface area contributed by atoms with Gasteiger partial charge >= 0.3 is 12.0 Å². The summed E-state index contributed by atoms with van der Waals surface area (Å²) in [5.74, 6) is -1.19. The minimum atomic E-state index is -0.930. The molecule has 136 valence electrons. The average molecular weight is 347 g/mol. The molecule has 1 aromatic rings. The summed E-state index contributed by atoms with van der Waals surface area (Å²) in [5.41, 5.74) is -0.559. The molecule has 2 rings (SSSR count). The molecule has 0 bridgehead atoms. The number of hydrogen-bond acceptors (Lipinski definition) is 3. The smallest absolute Gasteiger partial charge is 0.321 e. The van der Waals surface area contributed by atoms with Crippen molar-refractivity contribution >= 4 is 23.6 Å². The highest BCUT2D eigenvalue weighted by molar-refractivity contribution is 6.03. The van der Waals surface area contributed by atoms with Crippen LogP contribution in [0.25, 0.3) is 0 Å². The van der Waals surface area contributed by atoms with E-state index < -0.39 is 23.0 Å². The summed E-state index contributed by atoms with van der Waals surface area (Å²) in [6.07, 6.45) is 0.405. The Morgan fingerprint density at radius 2 is 1.84 bits per heavy atom. The molecule has 3 N–H and O–H groups in total. The van der Waals surface area contributed by atoms with Gasteiger partial charge in [-0.25, -0.2) is 4.79 Å². The Balaban J connectivity index is 2.12. The molecule has 1 unspecified atom stereocenters. The van der Waals surface area contributed by atoms with E-state index in [9.17, 15) is 19.5 Å². The van der Waals surface area contributed by atoms with Crippen LogP contribution in [0.4, 0.5) is 10.5 Å². The lowest BCUT2D eigenvalue weighted by molar-refractivity contribution is -0.146. The molecule has 1 atom stereocenters. The van der Waals surface area contributed by atoms with E-state index in [2.05, 4.69) is 10.6 Å². The lowest BCUT2D eigenvalue weighted by Gasteiger charge is -2.23. The molecule has 1 saturated heterocycles. The highest BCUT2D eigenvalue weighted by atomic mass is 16.4. The summed E-state index contributed by atoms with van der Waals surface area (Å²) < 4.78 is 0. The van der Waals surface area contributed by atoms with Crippen molar-refractivity contribution < 1.29 is 19.5 Å². The van der Waals surface area contributed by atoms with Gasteiger partial charge in [-0.3, -0.25) is 9.59 Å². The Hall–Kier alpha value is -2.57. The zero-order valence-corrected chi connectivity index (χ0v) is 15.0. The minimum absolute atomic E-state index is 0.143. The molecule has 0 spiro atoms. The van der Waals surface area contributed by atoms with Gasteiger partial charge in [-0.1, -0.05) is 12.1 Å². The Kier molecular flexibility index (Phi) is 5.06. The van der Waals surface area contributed by atoms with Crippen molar-refractivity contribution in [2.75, 3.05) is 18.4 Å². The van der Waals surface area contributed by atoms with Gasteiger partial charge in [-0.2, -0.15) is 0 Å².